The van der Waals surface area contributed by atoms with Gasteiger partial charge in [-0.25, -0.2) is 9.97 Å². The molecular weight excluding hydrogens is 522 g/mol. The summed E-state index contributed by atoms with van der Waals surface area (Å²) in [5, 5.41) is 21.6. The number of anilines is 2. The Bertz CT molecular complexity index is 1160. The van der Waals surface area contributed by atoms with Crippen molar-refractivity contribution in [2.24, 2.45) is 0 Å². The second-order valence-electron chi connectivity index (χ2n) is 10.2. The van der Waals surface area contributed by atoms with Crippen molar-refractivity contribution in [3.63, 3.8) is 0 Å². The van der Waals surface area contributed by atoms with E-state index in [1.54, 1.807) is 0 Å². The van der Waals surface area contributed by atoms with E-state index < -0.39 is 17.9 Å². The number of hydrogen-bond acceptors (Lipinski definition) is 9. The van der Waals surface area contributed by atoms with Crippen LogP contribution in [0.25, 0.3) is 0 Å². The second kappa shape index (κ2) is 12.9. The van der Waals surface area contributed by atoms with Gasteiger partial charge in [-0.15, -0.1) is 0 Å². The van der Waals surface area contributed by atoms with Crippen LogP contribution in [0.15, 0.2) is 24.3 Å². The molecule has 2 fully saturated rings. The number of nitrogens with zero attached hydrogens (tertiary/aromatic N) is 5. The number of benzene rings is 1. The summed E-state index contributed by atoms with van der Waals surface area (Å²) in [6, 6.07) is 7.76. The zero-order chi connectivity index (χ0) is 28.1. The number of piperidine rings is 1. The number of hydrogen-bond donors (Lipinski definition) is 4. The molecule has 2 aliphatic rings. The SMILES string of the molecule is CC[C@H]1CN(c2nc(N)c(C(=O)NCCO)nc2Cl)CCN1C1CCN([C@H](C(=O)O)c2ccc(C)cc2)CC1. The van der Waals surface area contributed by atoms with Crippen molar-refractivity contribution in [2.45, 2.75) is 51.2 Å². The van der Waals surface area contributed by atoms with Crippen molar-refractivity contribution in [2.75, 3.05) is 56.5 Å². The molecule has 39 heavy (non-hydrogen) atoms. The van der Waals surface area contributed by atoms with E-state index in [1.807, 2.05) is 31.2 Å². The van der Waals surface area contributed by atoms with Crippen LogP contribution in [0.3, 0.4) is 0 Å². The summed E-state index contributed by atoms with van der Waals surface area (Å²) in [6.07, 6.45) is 2.73. The summed E-state index contributed by atoms with van der Waals surface area (Å²) in [4.78, 5) is 39.7. The smallest absolute Gasteiger partial charge is 0.325 e. The molecule has 1 amide bonds. The fourth-order valence-electron chi connectivity index (χ4n) is 5.68. The van der Waals surface area contributed by atoms with Crippen molar-refractivity contribution in [3.8, 4) is 0 Å². The molecule has 12 heteroatoms. The number of amides is 1. The number of carboxylic acid groups (broad SMARTS) is 1. The molecular formula is C27H38ClN7O4. The number of likely N-dealkylation sites (tertiary alicyclic amines) is 1. The van der Waals surface area contributed by atoms with Crippen LogP contribution in [0.5, 0.6) is 0 Å². The molecule has 2 atom stereocenters. The maximum Gasteiger partial charge on any atom is 0.325 e. The highest BCUT2D eigenvalue weighted by Gasteiger charge is 2.37. The molecule has 0 aliphatic carbocycles. The van der Waals surface area contributed by atoms with Crippen LogP contribution in [-0.2, 0) is 4.79 Å². The number of piperazine rings is 1. The summed E-state index contributed by atoms with van der Waals surface area (Å²) < 4.78 is 0. The number of rotatable bonds is 9. The number of halogens is 1. The maximum atomic E-state index is 12.3. The fourth-order valence-corrected chi connectivity index (χ4v) is 5.93. The predicted molar refractivity (Wildman–Crippen MR) is 150 cm³/mol. The lowest BCUT2D eigenvalue weighted by Gasteiger charge is -2.48. The minimum absolute atomic E-state index is 0.00532. The second-order valence-corrected chi connectivity index (χ2v) is 10.6. The van der Waals surface area contributed by atoms with Crippen LogP contribution in [0.1, 0.15) is 53.8 Å². The largest absolute Gasteiger partial charge is 0.480 e. The summed E-state index contributed by atoms with van der Waals surface area (Å²) in [5.41, 5.74) is 7.93. The van der Waals surface area contributed by atoms with Gasteiger partial charge in [0.2, 0.25) is 0 Å². The number of nitrogen functional groups attached to an aromatic ring is 1. The van der Waals surface area contributed by atoms with E-state index >= 15 is 0 Å². The maximum absolute atomic E-state index is 12.3. The van der Waals surface area contributed by atoms with Gasteiger partial charge in [0.1, 0.15) is 6.04 Å². The van der Waals surface area contributed by atoms with Crippen LogP contribution < -0.4 is 16.0 Å². The Labute approximate surface area is 234 Å². The van der Waals surface area contributed by atoms with Crippen molar-refractivity contribution in [3.05, 3.63) is 46.2 Å². The highest BCUT2D eigenvalue weighted by Crippen LogP contribution is 2.31. The molecule has 0 saturated carbocycles. The van der Waals surface area contributed by atoms with Gasteiger partial charge in [-0.2, -0.15) is 0 Å². The molecule has 1 aromatic carbocycles. The highest BCUT2D eigenvalue weighted by molar-refractivity contribution is 6.32. The minimum Gasteiger partial charge on any atom is -0.480 e. The van der Waals surface area contributed by atoms with E-state index in [4.69, 9.17) is 22.4 Å². The van der Waals surface area contributed by atoms with Gasteiger partial charge in [-0.05, 0) is 31.7 Å². The third kappa shape index (κ3) is 6.60. The first-order valence-electron chi connectivity index (χ1n) is 13.5. The van der Waals surface area contributed by atoms with Crippen molar-refractivity contribution >= 4 is 35.1 Å². The highest BCUT2D eigenvalue weighted by atomic mass is 35.5. The molecule has 0 unspecified atom stereocenters. The Morgan fingerprint density at radius 2 is 1.85 bits per heavy atom. The quantitative estimate of drug-likeness (QED) is 0.359. The zero-order valence-corrected chi connectivity index (χ0v) is 23.3. The van der Waals surface area contributed by atoms with E-state index in [0.717, 1.165) is 50.0 Å². The van der Waals surface area contributed by atoms with Crippen LogP contribution in [0, 0.1) is 6.92 Å². The van der Waals surface area contributed by atoms with Gasteiger partial charge in [0.15, 0.2) is 22.5 Å². The summed E-state index contributed by atoms with van der Waals surface area (Å²) >= 11 is 6.45. The number of carboxylic acids is 1. The van der Waals surface area contributed by atoms with Gasteiger partial charge in [0.05, 0.1) is 6.61 Å². The number of carbonyl (C=O) groups excluding carboxylic acids is 1. The van der Waals surface area contributed by atoms with E-state index in [-0.39, 0.29) is 35.9 Å². The number of aliphatic carboxylic acids is 1. The number of aliphatic hydroxyl groups is 1. The first-order chi connectivity index (χ1) is 18.7. The topological polar surface area (TPSA) is 148 Å². The number of aliphatic hydroxyl groups excluding tert-OH is 1. The molecule has 1 aromatic heterocycles. The normalized spacial score (nSPS) is 20.1. The molecule has 0 radical (unpaired) electrons. The molecule has 3 heterocycles. The van der Waals surface area contributed by atoms with E-state index in [9.17, 15) is 14.7 Å². The molecule has 2 saturated heterocycles. The Kier molecular flexibility index (Phi) is 9.60. The summed E-state index contributed by atoms with van der Waals surface area (Å²) in [6.45, 7) is 7.67. The third-order valence-corrected chi connectivity index (χ3v) is 7.99. The average Bonchev–Trinajstić information content (AvgIpc) is 2.93. The molecule has 11 nitrogen and oxygen atoms in total. The molecule has 2 aliphatic heterocycles. The number of nitrogens with one attached hydrogen (secondary N) is 1. The lowest BCUT2D eigenvalue weighted by Crippen LogP contribution is -2.58. The number of aryl methyl sites for hydroxylation is 1. The van der Waals surface area contributed by atoms with Crippen molar-refractivity contribution < 1.29 is 19.8 Å². The van der Waals surface area contributed by atoms with Crippen LogP contribution in [0.4, 0.5) is 11.6 Å². The van der Waals surface area contributed by atoms with E-state index in [0.29, 0.717) is 24.9 Å². The molecule has 0 spiro atoms. The van der Waals surface area contributed by atoms with Crippen molar-refractivity contribution in [1.82, 2.24) is 25.1 Å². The van der Waals surface area contributed by atoms with Gasteiger partial charge in [0, 0.05) is 51.4 Å². The molecule has 0 bridgehead atoms. The van der Waals surface area contributed by atoms with Crippen LogP contribution in [0.2, 0.25) is 5.15 Å². The Balaban J connectivity index is 1.40. The summed E-state index contributed by atoms with van der Waals surface area (Å²) in [5.74, 6) is -0.887. The van der Waals surface area contributed by atoms with Gasteiger partial charge in [-0.1, -0.05) is 48.4 Å². The monoisotopic (exact) mass is 559 g/mol. The molecule has 2 aromatic rings. The lowest BCUT2D eigenvalue weighted by molar-refractivity contribution is -0.144. The fraction of sp³-hybridized carbons (Fsp3) is 0.556. The van der Waals surface area contributed by atoms with Gasteiger partial charge >= 0.3 is 5.97 Å². The van der Waals surface area contributed by atoms with Gasteiger partial charge in [0.25, 0.3) is 5.91 Å². The Morgan fingerprint density at radius 3 is 2.46 bits per heavy atom. The number of nitrogens with two attached hydrogens (primary N) is 1. The van der Waals surface area contributed by atoms with Crippen LogP contribution in [-0.4, -0.2) is 99.8 Å². The lowest BCUT2D eigenvalue weighted by atomic mass is 9.95. The number of carbonyl (C=O) groups is 2. The minimum atomic E-state index is -0.813. The van der Waals surface area contributed by atoms with Gasteiger partial charge in [-0.3, -0.25) is 19.4 Å². The van der Waals surface area contributed by atoms with Gasteiger partial charge < -0.3 is 26.2 Å². The summed E-state index contributed by atoms with van der Waals surface area (Å²) in [7, 11) is 0. The number of aromatic nitrogens is 2. The van der Waals surface area contributed by atoms with Crippen LogP contribution >= 0.6 is 11.6 Å². The Morgan fingerprint density at radius 1 is 1.15 bits per heavy atom. The van der Waals surface area contributed by atoms with E-state index in [2.05, 4.69) is 36.9 Å². The average molecular weight is 560 g/mol. The zero-order valence-electron chi connectivity index (χ0n) is 22.5. The predicted octanol–water partition coefficient (Wildman–Crippen LogP) is 1.93. The first-order valence-corrected chi connectivity index (χ1v) is 13.9. The Hall–Kier alpha value is -2.99. The standard InChI is InChI=1S/C27H38ClN7O4/c1-3-19-16-34(25-23(28)31-21(24(29)32-25)26(37)30-10-15-36)13-14-35(19)20-8-11-33(12-9-20)22(27(38)39)18-6-4-17(2)5-7-18/h4-7,19-20,22,36H,3,8-16H2,1-2H3,(H2,29,32)(H,30,37)(H,38,39)/t19-,22-/m0/s1. The molecule has 212 valence electrons. The van der Waals surface area contributed by atoms with Crippen molar-refractivity contribution in [1.29, 1.82) is 0 Å². The van der Waals surface area contributed by atoms with E-state index in [1.165, 1.54) is 0 Å². The third-order valence-electron chi connectivity index (χ3n) is 7.74. The first kappa shape index (κ1) is 29.0. The molecule has 5 N–H and O–H groups in total. The molecule has 4 rings (SSSR count).